The van der Waals surface area contributed by atoms with E-state index < -0.39 is 0 Å². The Balaban J connectivity index is 0.929. The van der Waals surface area contributed by atoms with Crippen molar-refractivity contribution in [2.75, 3.05) is 0 Å². The Morgan fingerprint density at radius 3 is 0.871 bits per heavy atom. The molecule has 0 radical (unpaired) electrons. The van der Waals surface area contributed by atoms with Crippen molar-refractivity contribution in [1.29, 1.82) is 0 Å². The molecule has 4 aromatic heterocycles. The van der Waals surface area contributed by atoms with Gasteiger partial charge in [0.05, 0.1) is 33.6 Å². The lowest BCUT2D eigenvalue weighted by Crippen LogP contribution is -2.03. The Hall–Kier alpha value is -14.1. The number of nitrogens with zero attached hydrogens (tertiary/aromatic N) is 8. The Bertz CT molecular complexity index is 6700. The first-order chi connectivity index (χ1) is 56.4. The normalized spacial score (nSPS) is 11.6. The molecule has 18 aromatic rings. The fourth-order valence-corrected chi connectivity index (χ4v) is 18.2. The van der Waals surface area contributed by atoms with Gasteiger partial charge in [-0.05, 0) is 263 Å². The van der Waals surface area contributed by atoms with Crippen LogP contribution in [0.15, 0.2) is 292 Å². The minimum Gasteiger partial charge on any atom is -0.309 e. The minimum absolute atomic E-state index is 0.542. The van der Waals surface area contributed by atoms with Gasteiger partial charge in [-0.3, -0.25) is 0 Å². The van der Waals surface area contributed by atoms with Crippen LogP contribution in [0.3, 0.4) is 0 Å². The molecule has 0 bridgehead atoms. The number of rotatable bonds is 16. The summed E-state index contributed by atoms with van der Waals surface area (Å²) in [7, 11) is 0. The largest absolute Gasteiger partial charge is 0.309 e. The molecule has 8 nitrogen and oxygen atoms in total. The van der Waals surface area contributed by atoms with Crippen molar-refractivity contribution in [3.63, 3.8) is 0 Å². The highest BCUT2D eigenvalue weighted by Crippen LogP contribution is 2.47. The van der Waals surface area contributed by atoms with Crippen molar-refractivity contribution in [3.8, 4) is 135 Å². The van der Waals surface area contributed by atoms with Gasteiger partial charge >= 0.3 is 0 Å². The van der Waals surface area contributed by atoms with E-state index in [0.717, 1.165) is 117 Å². The quantitative estimate of drug-likeness (QED) is 0.0958. The molecular formula is C108H88N8. The summed E-state index contributed by atoms with van der Waals surface area (Å²) in [5.41, 5.74) is 39.4. The zero-order valence-electron chi connectivity index (χ0n) is 67.7. The van der Waals surface area contributed by atoms with Crippen molar-refractivity contribution in [1.82, 2.24) is 39.0 Å². The monoisotopic (exact) mass is 1500 g/mol. The van der Waals surface area contributed by atoms with E-state index in [-0.39, 0.29) is 0 Å². The lowest BCUT2D eigenvalue weighted by atomic mass is 9.91. The van der Waals surface area contributed by atoms with E-state index in [0.29, 0.717) is 34.9 Å². The highest BCUT2D eigenvalue weighted by Gasteiger charge is 2.26. The number of hydrogen-bond donors (Lipinski definition) is 0. The summed E-state index contributed by atoms with van der Waals surface area (Å²) in [6.07, 6.45) is 6.64. The van der Waals surface area contributed by atoms with Crippen LogP contribution in [-0.4, -0.2) is 39.0 Å². The maximum Gasteiger partial charge on any atom is 0.164 e. The van der Waals surface area contributed by atoms with E-state index in [1.54, 1.807) is 0 Å². The third-order valence-corrected chi connectivity index (χ3v) is 22.9. The van der Waals surface area contributed by atoms with Gasteiger partial charge in [0.2, 0.25) is 0 Å². The maximum absolute atomic E-state index is 5.41. The predicted octanol–water partition coefficient (Wildman–Crippen LogP) is 27.9. The first kappa shape index (κ1) is 73.4. The molecular weight excluding hydrogens is 1410 g/mol. The van der Waals surface area contributed by atoms with Gasteiger partial charge in [-0.25, -0.2) is 29.9 Å². The molecule has 560 valence electrons. The molecule has 0 fully saturated rings. The van der Waals surface area contributed by atoms with Crippen LogP contribution in [-0.2, 0) is 0 Å². The lowest BCUT2D eigenvalue weighted by molar-refractivity contribution is 1.07. The standard InChI is InChI=1S/C108H88N8/c1-14-87-91-59-82(100-70(8)52-65(3)53-71(100)9)38-44-97(91)115(94(87)49-43-88-68(6)50-64(2)51-69(88)7)95-47-41-85(107-111-103(76-28-19-15-20-29-76)109-104(112-107)77-30-21-16-22-31-77)62-89(95)80-36-27-37-81(58-80)90-63-86(108-113-105(78-32-23-17-24-33-78)110-106(114-108)79-34-25-18-26-35-79)42-48-96(90)116-98-45-39-83(101-72(10)54-66(4)55-73(101)11)60-92(98)93-61-84(40-46-99(93)116)102-74(12)56-67(5)57-75(102)13/h14-63H,1H2,2-13H3/b49-43-. The predicted molar refractivity (Wildman–Crippen MR) is 486 cm³/mol. The number of aryl methyl sites for hydroxylation is 12. The summed E-state index contributed by atoms with van der Waals surface area (Å²) in [6, 6.07) is 103. The van der Waals surface area contributed by atoms with Crippen LogP contribution in [0.1, 0.15) is 83.6 Å². The van der Waals surface area contributed by atoms with Crippen LogP contribution < -0.4 is 0 Å². The molecule has 0 atom stereocenters. The number of hydrogen-bond acceptors (Lipinski definition) is 6. The van der Waals surface area contributed by atoms with Gasteiger partial charge in [-0.15, -0.1) is 0 Å². The van der Waals surface area contributed by atoms with Gasteiger partial charge in [-0.1, -0.05) is 247 Å². The molecule has 0 aliphatic carbocycles. The molecule has 0 saturated heterocycles. The average Bonchev–Trinajstić information content (AvgIpc) is 1.57. The van der Waals surface area contributed by atoms with Crippen molar-refractivity contribution in [2.45, 2.75) is 83.1 Å². The van der Waals surface area contributed by atoms with E-state index in [4.69, 9.17) is 29.9 Å². The average molecular weight is 1500 g/mol. The summed E-state index contributed by atoms with van der Waals surface area (Å²) < 4.78 is 4.94. The van der Waals surface area contributed by atoms with Crippen molar-refractivity contribution < 1.29 is 0 Å². The molecule has 0 spiro atoms. The van der Waals surface area contributed by atoms with Crippen molar-refractivity contribution in [2.24, 2.45) is 0 Å². The maximum atomic E-state index is 5.41. The van der Waals surface area contributed by atoms with Gasteiger partial charge < -0.3 is 9.13 Å². The fourth-order valence-electron chi connectivity index (χ4n) is 18.2. The molecule has 116 heavy (non-hydrogen) atoms. The van der Waals surface area contributed by atoms with E-state index in [1.165, 1.54) is 100 Å². The summed E-state index contributed by atoms with van der Waals surface area (Å²) in [6.45, 7) is 31.2. The highest BCUT2D eigenvalue weighted by molar-refractivity contribution is 6.13. The minimum atomic E-state index is 0.542. The van der Waals surface area contributed by atoms with E-state index in [9.17, 15) is 0 Å². The smallest absolute Gasteiger partial charge is 0.164 e. The van der Waals surface area contributed by atoms with Crippen LogP contribution in [0.5, 0.6) is 0 Å². The zero-order chi connectivity index (χ0) is 79.7. The first-order valence-corrected chi connectivity index (χ1v) is 39.9. The Kier molecular flexibility index (Phi) is 19.1. The highest BCUT2D eigenvalue weighted by atomic mass is 15.1. The molecule has 0 unspecified atom stereocenters. The molecule has 0 saturated carbocycles. The van der Waals surface area contributed by atoms with Gasteiger partial charge in [0, 0.05) is 66.2 Å². The summed E-state index contributed by atoms with van der Waals surface area (Å²) in [5.74, 6) is 3.41. The third kappa shape index (κ3) is 13.6. The van der Waals surface area contributed by atoms with Crippen molar-refractivity contribution in [3.05, 3.63) is 375 Å². The van der Waals surface area contributed by atoms with Crippen molar-refractivity contribution >= 4 is 50.9 Å². The van der Waals surface area contributed by atoms with Crippen LogP contribution in [0.2, 0.25) is 0 Å². The van der Waals surface area contributed by atoms with Crippen LogP contribution in [0.4, 0.5) is 0 Å². The lowest BCUT2D eigenvalue weighted by Gasteiger charge is -2.19. The fraction of sp³-hybridized carbons (Fsp3) is 0.111. The number of aromatic nitrogens is 8. The Morgan fingerprint density at radius 2 is 0.526 bits per heavy atom. The Labute approximate surface area is 679 Å². The van der Waals surface area contributed by atoms with Crippen LogP contribution in [0, 0.1) is 83.1 Å². The first-order valence-electron chi connectivity index (χ1n) is 39.9. The zero-order valence-corrected chi connectivity index (χ0v) is 67.7. The number of benzene rings is 14. The topological polar surface area (TPSA) is 87.2 Å². The van der Waals surface area contributed by atoms with Gasteiger partial charge in [-0.2, -0.15) is 0 Å². The number of fused-ring (bicyclic) bond motifs is 4. The Morgan fingerprint density at radius 1 is 0.233 bits per heavy atom. The summed E-state index contributed by atoms with van der Waals surface area (Å²) in [4.78, 5) is 32.0. The van der Waals surface area contributed by atoms with E-state index >= 15 is 0 Å². The summed E-state index contributed by atoms with van der Waals surface area (Å²) in [5, 5.41) is 3.39. The molecule has 18 rings (SSSR count). The molecule has 0 aliphatic heterocycles. The third-order valence-electron chi connectivity index (χ3n) is 22.9. The molecule has 14 aromatic carbocycles. The second-order valence-corrected chi connectivity index (χ2v) is 31.5. The molecule has 8 heteroatoms. The molecule has 4 heterocycles. The van der Waals surface area contributed by atoms with E-state index in [2.05, 4.69) is 323 Å². The molecule has 0 N–H and O–H groups in total. The second-order valence-electron chi connectivity index (χ2n) is 31.5. The molecule has 0 aliphatic rings. The van der Waals surface area contributed by atoms with Crippen LogP contribution in [0.25, 0.3) is 186 Å². The van der Waals surface area contributed by atoms with Gasteiger partial charge in [0.1, 0.15) is 0 Å². The van der Waals surface area contributed by atoms with Crippen LogP contribution >= 0.6 is 0 Å². The molecule has 0 amide bonds. The second kappa shape index (κ2) is 30.1. The van der Waals surface area contributed by atoms with Gasteiger partial charge in [0.15, 0.2) is 34.9 Å². The van der Waals surface area contributed by atoms with Gasteiger partial charge in [0.25, 0.3) is 0 Å². The SMILES string of the molecule is C=Cc1c(/C=C\c2c(C)cc(C)cc2C)n(-c2ccc(-c3nc(-c4ccccc4)nc(-c4ccccc4)n3)cc2-c2cccc(-c3cc(-c4nc(-c5ccccc5)nc(-c5ccccc5)n4)ccc3-n3c4ccc(-c5c(C)cc(C)cc5C)cc4c4cc(-c5c(C)cc(C)cc5C)ccc43)c2)c2ccc(-c3c(C)cc(C)cc3C)cc12. The van der Waals surface area contributed by atoms with E-state index in [1.807, 2.05) is 78.9 Å². The summed E-state index contributed by atoms with van der Waals surface area (Å²) >= 11 is 0.